The predicted molar refractivity (Wildman–Crippen MR) is 76.2 cm³/mol. The Morgan fingerprint density at radius 2 is 2.16 bits per heavy atom. The zero-order chi connectivity index (χ0) is 13.8. The molecule has 0 saturated carbocycles. The summed E-state index contributed by atoms with van der Waals surface area (Å²) in [4.78, 5) is 25.6. The highest BCUT2D eigenvalue weighted by Gasteiger charge is 2.18. The molecule has 0 radical (unpaired) electrons. The minimum Gasteiger partial charge on any atom is -0.374 e. The Labute approximate surface area is 119 Å². The second kappa shape index (κ2) is 6.18. The van der Waals surface area contributed by atoms with E-state index in [4.69, 9.17) is 0 Å². The van der Waals surface area contributed by atoms with Crippen molar-refractivity contribution < 1.29 is 4.79 Å². The summed E-state index contributed by atoms with van der Waals surface area (Å²) in [5.41, 5.74) is 0.364. The molecule has 1 N–H and O–H groups in total. The lowest BCUT2D eigenvalue weighted by Crippen LogP contribution is -2.33. The molecule has 0 spiro atoms. The second-order valence-corrected chi connectivity index (χ2v) is 5.23. The standard InChI is InChI=1S/C12H17BrN4O2/c1-2-17-12(19)11(13)9(7-15-17)14-8-10(18)16-5-3-4-6-16/h7,14H,2-6,8H2,1H3. The maximum Gasteiger partial charge on any atom is 0.283 e. The second-order valence-electron chi connectivity index (χ2n) is 4.43. The maximum atomic E-state index is 11.9. The minimum atomic E-state index is -0.193. The van der Waals surface area contributed by atoms with Crippen LogP contribution in [0.3, 0.4) is 0 Å². The predicted octanol–water partition coefficient (Wildman–Crippen LogP) is 1.06. The zero-order valence-corrected chi connectivity index (χ0v) is 12.4. The number of carbonyl (C=O) groups is 1. The smallest absolute Gasteiger partial charge is 0.283 e. The third-order valence-corrected chi connectivity index (χ3v) is 3.94. The number of hydrogen-bond donors (Lipinski definition) is 1. The molecule has 0 bridgehead atoms. The Morgan fingerprint density at radius 3 is 2.79 bits per heavy atom. The Balaban J connectivity index is 2.01. The van der Waals surface area contributed by atoms with Gasteiger partial charge in [-0.05, 0) is 35.7 Å². The van der Waals surface area contributed by atoms with Crippen LogP contribution in [0, 0.1) is 0 Å². The third kappa shape index (κ3) is 3.15. The average molecular weight is 329 g/mol. The largest absolute Gasteiger partial charge is 0.374 e. The minimum absolute atomic E-state index is 0.0593. The molecule has 1 amide bonds. The van der Waals surface area contributed by atoms with E-state index >= 15 is 0 Å². The zero-order valence-electron chi connectivity index (χ0n) is 10.9. The van der Waals surface area contributed by atoms with Crippen LogP contribution < -0.4 is 10.9 Å². The van der Waals surface area contributed by atoms with Crippen molar-refractivity contribution in [2.75, 3.05) is 25.0 Å². The molecule has 7 heteroatoms. The number of rotatable bonds is 4. The fraction of sp³-hybridized carbons (Fsp3) is 0.583. The van der Waals surface area contributed by atoms with E-state index < -0.39 is 0 Å². The lowest BCUT2D eigenvalue weighted by Gasteiger charge is -2.16. The number of likely N-dealkylation sites (tertiary alicyclic amines) is 1. The summed E-state index contributed by atoms with van der Waals surface area (Å²) in [6.45, 7) is 4.22. The van der Waals surface area contributed by atoms with Crippen molar-refractivity contribution in [1.29, 1.82) is 0 Å². The molecular formula is C12H17BrN4O2. The number of aryl methyl sites for hydroxylation is 1. The van der Waals surface area contributed by atoms with Crippen molar-refractivity contribution in [1.82, 2.24) is 14.7 Å². The summed E-state index contributed by atoms with van der Waals surface area (Å²) in [5.74, 6) is 0.0593. The first-order valence-electron chi connectivity index (χ1n) is 6.40. The molecule has 1 aromatic heterocycles. The maximum absolute atomic E-state index is 11.9. The SMILES string of the molecule is CCn1ncc(NCC(=O)N2CCCC2)c(Br)c1=O. The molecule has 19 heavy (non-hydrogen) atoms. The molecule has 6 nitrogen and oxygen atoms in total. The van der Waals surface area contributed by atoms with Gasteiger partial charge in [0.05, 0.1) is 18.4 Å². The number of hydrogen-bond acceptors (Lipinski definition) is 4. The van der Waals surface area contributed by atoms with Gasteiger partial charge in [0, 0.05) is 19.6 Å². The number of nitrogens with one attached hydrogen (secondary N) is 1. The lowest BCUT2D eigenvalue weighted by molar-refractivity contribution is -0.128. The monoisotopic (exact) mass is 328 g/mol. The Morgan fingerprint density at radius 1 is 1.47 bits per heavy atom. The van der Waals surface area contributed by atoms with Gasteiger partial charge in [-0.3, -0.25) is 9.59 Å². The highest BCUT2D eigenvalue weighted by atomic mass is 79.9. The molecule has 0 aliphatic carbocycles. The van der Waals surface area contributed by atoms with Gasteiger partial charge in [-0.15, -0.1) is 0 Å². The van der Waals surface area contributed by atoms with E-state index in [0.717, 1.165) is 25.9 Å². The molecule has 1 aliphatic heterocycles. The van der Waals surface area contributed by atoms with E-state index in [1.165, 1.54) is 4.68 Å². The van der Waals surface area contributed by atoms with E-state index in [9.17, 15) is 9.59 Å². The van der Waals surface area contributed by atoms with E-state index in [0.29, 0.717) is 16.7 Å². The molecule has 0 aromatic carbocycles. The van der Waals surface area contributed by atoms with Crippen molar-refractivity contribution in [3.05, 3.63) is 21.0 Å². The molecule has 0 atom stereocenters. The summed E-state index contributed by atoms with van der Waals surface area (Å²) >= 11 is 3.24. The molecule has 1 aromatic rings. The van der Waals surface area contributed by atoms with Crippen LogP contribution in [-0.4, -0.2) is 40.2 Å². The Kier molecular flexibility index (Phi) is 4.57. The summed E-state index contributed by atoms with van der Waals surface area (Å²) in [6, 6.07) is 0. The summed E-state index contributed by atoms with van der Waals surface area (Å²) in [5, 5.41) is 6.99. The Bertz CT molecular complexity index is 523. The topological polar surface area (TPSA) is 67.2 Å². The van der Waals surface area contributed by atoms with Crippen LogP contribution in [-0.2, 0) is 11.3 Å². The van der Waals surface area contributed by atoms with Crippen molar-refractivity contribution in [2.45, 2.75) is 26.3 Å². The van der Waals surface area contributed by atoms with Gasteiger partial charge in [-0.25, -0.2) is 4.68 Å². The molecule has 1 aliphatic rings. The molecule has 2 rings (SSSR count). The molecule has 2 heterocycles. The Hall–Kier alpha value is -1.37. The number of carbonyl (C=O) groups excluding carboxylic acids is 1. The normalized spacial score (nSPS) is 14.7. The van der Waals surface area contributed by atoms with Gasteiger partial charge in [-0.1, -0.05) is 0 Å². The van der Waals surface area contributed by atoms with Gasteiger partial charge < -0.3 is 10.2 Å². The van der Waals surface area contributed by atoms with Gasteiger partial charge in [0.2, 0.25) is 5.91 Å². The van der Waals surface area contributed by atoms with Crippen molar-refractivity contribution >= 4 is 27.5 Å². The van der Waals surface area contributed by atoms with Crippen LogP contribution in [0.25, 0.3) is 0 Å². The number of halogens is 1. The van der Waals surface area contributed by atoms with Crippen LogP contribution in [0.1, 0.15) is 19.8 Å². The first kappa shape index (κ1) is 14.0. The van der Waals surface area contributed by atoms with Crippen LogP contribution >= 0.6 is 15.9 Å². The third-order valence-electron chi connectivity index (χ3n) is 3.17. The van der Waals surface area contributed by atoms with Gasteiger partial charge in [-0.2, -0.15) is 5.10 Å². The van der Waals surface area contributed by atoms with Gasteiger partial charge in [0.25, 0.3) is 5.56 Å². The summed E-state index contributed by atoms with van der Waals surface area (Å²) in [6.07, 6.45) is 3.71. The molecule has 1 saturated heterocycles. The van der Waals surface area contributed by atoms with Crippen molar-refractivity contribution in [3.8, 4) is 0 Å². The quantitative estimate of drug-likeness (QED) is 0.897. The van der Waals surface area contributed by atoms with Crippen molar-refractivity contribution in [3.63, 3.8) is 0 Å². The first-order valence-corrected chi connectivity index (χ1v) is 7.20. The summed E-state index contributed by atoms with van der Waals surface area (Å²) in [7, 11) is 0. The van der Waals surface area contributed by atoms with Crippen LogP contribution in [0.2, 0.25) is 0 Å². The van der Waals surface area contributed by atoms with Gasteiger partial charge in [0.1, 0.15) is 4.47 Å². The van der Waals surface area contributed by atoms with E-state index in [-0.39, 0.29) is 18.0 Å². The number of aromatic nitrogens is 2. The fourth-order valence-electron chi connectivity index (χ4n) is 2.06. The van der Waals surface area contributed by atoms with Gasteiger partial charge in [0.15, 0.2) is 0 Å². The molecular weight excluding hydrogens is 312 g/mol. The van der Waals surface area contributed by atoms with Gasteiger partial charge >= 0.3 is 0 Å². The number of anilines is 1. The number of nitrogens with zero attached hydrogens (tertiary/aromatic N) is 3. The highest BCUT2D eigenvalue weighted by Crippen LogP contribution is 2.16. The highest BCUT2D eigenvalue weighted by molar-refractivity contribution is 9.10. The molecule has 0 unspecified atom stereocenters. The van der Waals surface area contributed by atoms with Crippen LogP contribution in [0.15, 0.2) is 15.5 Å². The van der Waals surface area contributed by atoms with Crippen molar-refractivity contribution in [2.24, 2.45) is 0 Å². The van der Waals surface area contributed by atoms with E-state index in [1.54, 1.807) is 6.20 Å². The van der Waals surface area contributed by atoms with Crippen LogP contribution in [0.5, 0.6) is 0 Å². The molecule has 1 fully saturated rings. The first-order chi connectivity index (χ1) is 9.13. The van der Waals surface area contributed by atoms with E-state index in [1.807, 2.05) is 11.8 Å². The summed E-state index contributed by atoms with van der Waals surface area (Å²) < 4.78 is 1.77. The fourth-order valence-corrected chi connectivity index (χ4v) is 2.51. The van der Waals surface area contributed by atoms with E-state index in [2.05, 4.69) is 26.3 Å². The molecule has 104 valence electrons. The average Bonchev–Trinajstić information content (AvgIpc) is 2.94. The van der Waals surface area contributed by atoms with Crippen LogP contribution in [0.4, 0.5) is 5.69 Å². The number of amides is 1. The lowest BCUT2D eigenvalue weighted by atomic mass is 10.4.